The lowest BCUT2D eigenvalue weighted by atomic mass is 10.2. The van der Waals surface area contributed by atoms with Gasteiger partial charge in [0.05, 0.1) is 16.1 Å². The Morgan fingerprint density at radius 3 is 2.48 bits per heavy atom. The number of sulfonamides is 1. The standard InChI is InChI=1S/C13H9BrClFN2O2S/c14-9-4-6-10(7-5-9)21(19,20)18-17-8-11-12(15)2-1-3-13(11)16/h1-8,18H/b17-8-. The van der Waals surface area contributed by atoms with E-state index in [9.17, 15) is 12.8 Å². The summed E-state index contributed by atoms with van der Waals surface area (Å²) in [5.41, 5.74) is 0.0117. The van der Waals surface area contributed by atoms with E-state index in [1.807, 2.05) is 4.83 Å². The maximum absolute atomic E-state index is 13.5. The average molecular weight is 392 g/mol. The van der Waals surface area contributed by atoms with Crippen LogP contribution in [-0.4, -0.2) is 14.6 Å². The lowest BCUT2D eigenvalue weighted by Gasteiger charge is -2.04. The van der Waals surface area contributed by atoms with Crippen LogP contribution in [-0.2, 0) is 10.0 Å². The Morgan fingerprint density at radius 2 is 1.86 bits per heavy atom. The van der Waals surface area contributed by atoms with Crippen LogP contribution in [0.15, 0.2) is 56.9 Å². The van der Waals surface area contributed by atoms with Gasteiger partial charge in [0.1, 0.15) is 5.82 Å². The number of hydrogen-bond acceptors (Lipinski definition) is 3. The molecule has 0 spiro atoms. The van der Waals surface area contributed by atoms with E-state index in [-0.39, 0.29) is 15.5 Å². The van der Waals surface area contributed by atoms with Crippen molar-refractivity contribution < 1.29 is 12.8 Å². The maximum atomic E-state index is 13.5. The zero-order valence-electron chi connectivity index (χ0n) is 10.4. The third-order valence-corrected chi connectivity index (χ3v) is 4.59. The summed E-state index contributed by atoms with van der Waals surface area (Å²) >= 11 is 9.01. The van der Waals surface area contributed by atoms with E-state index in [2.05, 4.69) is 21.0 Å². The van der Waals surface area contributed by atoms with Gasteiger partial charge in [-0.2, -0.15) is 13.5 Å². The third-order valence-electron chi connectivity index (χ3n) is 2.49. The SMILES string of the molecule is O=S(=O)(N/N=C\c1c(F)cccc1Cl)c1ccc(Br)cc1. The van der Waals surface area contributed by atoms with Crippen LogP contribution in [0, 0.1) is 5.82 Å². The van der Waals surface area contributed by atoms with Gasteiger partial charge in [-0.15, -0.1) is 0 Å². The predicted molar refractivity (Wildman–Crippen MR) is 83.5 cm³/mol. The van der Waals surface area contributed by atoms with Gasteiger partial charge < -0.3 is 0 Å². The normalized spacial score (nSPS) is 11.8. The molecule has 110 valence electrons. The second-order valence-electron chi connectivity index (χ2n) is 3.94. The van der Waals surface area contributed by atoms with Crippen LogP contribution in [0.1, 0.15) is 5.56 Å². The first-order valence-corrected chi connectivity index (χ1v) is 8.30. The van der Waals surface area contributed by atoms with Crippen molar-refractivity contribution in [2.75, 3.05) is 0 Å². The van der Waals surface area contributed by atoms with Crippen molar-refractivity contribution in [3.05, 3.63) is 63.3 Å². The van der Waals surface area contributed by atoms with Crippen LogP contribution in [0.5, 0.6) is 0 Å². The fourth-order valence-corrected chi connectivity index (χ4v) is 2.73. The van der Waals surface area contributed by atoms with E-state index in [0.717, 1.165) is 10.7 Å². The third kappa shape index (κ3) is 4.03. The molecule has 4 nitrogen and oxygen atoms in total. The lowest BCUT2D eigenvalue weighted by Crippen LogP contribution is -2.18. The zero-order valence-corrected chi connectivity index (χ0v) is 13.6. The summed E-state index contributed by atoms with van der Waals surface area (Å²) in [5.74, 6) is -0.589. The molecule has 0 aliphatic heterocycles. The highest BCUT2D eigenvalue weighted by Crippen LogP contribution is 2.17. The van der Waals surface area contributed by atoms with Crippen LogP contribution in [0.4, 0.5) is 4.39 Å². The Labute approximate surface area is 134 Å². The number of benzene rings is 2. The number of nitrogens with one attached hydrogen (secondary N) is 1. The van der Waals surface area contributed by atoms with Gasteiger partial charge in [0.25, 0.3) is 10.0 Å². The molecule has 2 aromatic carbocycles. The topological polar surface area (TPSA) is 58.5 Å². The number of rotatable bonds is 4. The predicted octanol–water partition coefficient (Wildman–Crippen LogP) is 3.55. The van der Waals surface area contributed by atoms with Crippen molar-refractivity contribution in [3.8, 4) is 0 Å². The molecule has 8 heteroatoms. The molecule has 0 aromatic heterocycles. The second-order valence-corrected chi connectivity index (χ2v) is 6.93. The number of hydrazone groups is 1. The van der Waals surface area contributed by atoms with Crippen LogP contribution in [0.3, 0.4) is 0 Å². The van der Waals surface area contributed by atoms with Gasteiger partial charge in [-0.3, -0.25) is 0 Å². The van der Waals surface area contributed by atoms with E-state index in [1.54, 1.807) is 12.1 Å². The molecule has 0 amide bonds. The highest BCUT2D eigenvalue weighted by atomic mass is 79.9. The van der Waals surface area contributed by atoms with Gasteiger partial charge in [-0.25, -0.2) is 9.22 Å². The van der Waals surface area contributed by atoms with E-state index >= 15 is 0 Å². The van der Waals surface area contributed by atoms with Crippen molar-refractivity contribution in [1.29, 1.82) is 0 Å². The monoisotopic (exact) mass is 390 g/mol. The molecule has 0 saturated carbocycles. The highest BCUT2D eigenvalue weighted by molar-refractivity contribution is 9.10. The van der Waals surface area contributed by atoms with Gasteiger partial charge in [-0.05, 0) is 36.4 Å². The van der Waals surface area contributed by atoms with Gasteiger partial charge in [0.2, 0.25) is 0 Å². The van der Waals surface area contributed by atoms with E-state index in [1.165, 1.54) is 30.3 Å². The smallest absolute Gasteiger partial charge is 0.206 e. The molecule has 0 bridgehead atoms. The van der Waals surface area contributed by atoms with Crippen LogP contribution < -0.4 is 4.83 Å². The molecule has 0 aliphatic carbocycles. The van der Waals surface area contributed by atoms with Crippen molar-refractivity contribution in [1.82, 2.24) is 4.83 Å². The Balaban J connectivity index is 2.19. The molecule has 0 atom stereocenters. The van der Waals surface area contributed by atoms with Crippen molar-refractivity contribution >= 4 is 43.8 Å². The van der Waals surface area contributed by atoms with Gasteiger partial charge in [0.15, 0.2) is 0 Å². The lowest BCUT2D eigenvalue weighted by molar-refractivity contribution is 0.584. The second kappa shape index (κ2) is 6.55. The molecule has 21 heavy (non-hydrogen) atoms. The van der Waals surface area contributed by atoms with E-state index in [4.69, 9.17) is 11.6 Å². The molecule has 0 saturated heterocycles. The zero-order chi connectivity index (χ0) is 15.5. The maximum Gasteiger partial charge on any atom is 0.276 e. The molecule has 0 radical (unpaired) electrons. The molecule has 0 aliphatic rings. The summed E-state index contributed by atoms with van der Waals surface area (Å²) in [6, 6.07) is 10.1. The minimum atomic E-state index is -3.81. The molecule has 0 fully saturated rings. The summed E-state index contributed by atoms with van der Waals surface area (Å²) in [7, 11) is -3.81. The summed E-state index contributed by atoms with van der Waals surface area (Å²) in [6.07, 6.45) is 1.02. The number of nitrogens with zero attached hydrogens (tertiary/aromatic N) is 1. The highest BCUT2D eigenvalue weighted by Gasteiger charge is 2.12. The summed E-state index contributed by atoms with van der Waals surface area (Å²) in [4.78, 5) is 2.04. The van der Waals surface area contributed by atoms with Gasteiger partial charge >= 0.3 is 0 Å². The van der Waals surface area contributed by atoms with Gasteiger partial charge in [-0.1, -0.05) is 33.6 Å². The van der Waals surface area contributed by atoms with Crippen LogP contribution >= 0.6 is 27.5 Å². The Kier molecular flexibility index (Phi) is 4.97. The van der Waals surface area contributed by atoms with E-state index in [0.29, 0.717) is 0 Å². The molecule has 2 rings (SSSR count). The summed E-state index contributed by atoms with van der Waals surface area (Å²) < 4.78 is 38.1. The Bertz CT molecular complexity index is 759. The first-order chi connectivity index (χ1) is 9.90. The molecular formula is C13H9BrClFN2O2S. The minimum absolute atomic E-state index is 0.0117. The van der Waals surface area contributed by atoms with E-state index < -0.39 is 15.8 Å². The summed E-state index contributed by atoms with van der Waals surface area (Å²) in [5, 5.41) is 3.67. The average Bonchev–Trinajstić information content (AvgIpc) is 2.42. The molecular weight excluding hydrogens is 383 g/mol. The number of halogens is 3. The first kappa shape index (κ1) is 15.9. The first-order valence-electron chi connectivity index (χ1n) is 5.64. The van der Waals surface area contributed by atoms with Crippen LogP contribution in [0.25, 0.3) is 0 Å². The minimum Gasteiger partial charge on any atom is -0.206 e. The number of hydrogen-bond donors (Lipinski definition) is 1. The van der Waals surface area contributed by atoms with Gasteiger partial charge in [0, 0.05) is 10.0 Å². The Hall–Kier alpha value is -1.44. The Morgan fingerprint density at radius 1 is 1.19 bits per heavy atom. The van der Waals surface area contributed by atoms with Crippen molar-refractivity contribution in [2.45, 2.75) is 4.90 Å². The fourth-order valence-electron chi connectivity index (χ4n) is 1.46. The van der Waals surface area contributed by atoms with Crippen molar-refractivity contribution in [3.63, 3.8) is 0 Å². The fraction of sp³-hybridized carbons (Fsp3) is 0. The quantitative estimate of drug-likeness (QED) is 0.640. The molecule has 1 N–H and O–H groups in total. The molecule has 0 unspecified atom stereocenters. The molecule has 0 heterocycles. The molecule has 2 aromatic rings. The van der Waals surface area contributed by atoms with Crippen molar-refractivity contribution in [2.24, 2.45) is 5.10 Å². The van der Waals surface area contributed by atoms with Crippen LogP contribution in [0.2, 0.25) is 5.02 Å². The largest absolute Gasteiger partial charge is 0.276 e. The summed E-state index contributed by atoms with van der Waals surface area (Å²) in [6.45, 7) is 0.